The molecular formula is C22H26N4O2. The third kappa shape index (κ3) is 3.60. The number of piperidine rings is 1. The molecule has 3 aromatic rings. The van der Waals surface area contributed by atoms with Crippen LogP contribution in [0, 0.1) is 13.8 Å². The van der Waals surface area contributed by atoms with Crippen LogP contribution in [0.25, 0.3) is 5.69 Å². The van der Waals surface area contributed by atoms with E-state index < -0.39 is 0 Å². The van der Waals surface area contributed by atoms with Crippen molar-refractivity contribution in [1.29, 1.82) is 0 Å². The van der Waals surface area contributed by atoms with Gasteiger partial charge in [-0.1, -0.05) is 18.2 Å². The highest BCUT2D eigenvalue weighted by molar-refractivity contribution is 5.95. The minimum Gasteiger partial charge on any atom is -0.467 e. The molecule has 0 aliphatic carbocycles. The van der Waals surface area contributed by atoms with E-state index in [1.54, 1.807) is 12.5 Å². The first-order valence-electron chi connectivity index (χ1n) is 9.81. The van der Waals surface area contributed by atoms with Crippen LogP contribution in [-0.4, -0.2) is 28.8 Å². The average Bonchev–Trinajstić information content (AvgIpc) is 3.37. The van der Waals surface area contributed by atoms with Crippen LogP contribution in [0.3, 0.4) is 0 Å². The third-order valence-electron chi connectivity index (χ3n) is 5.43. The van der Waals surface area contributed by atoms with Crippen molar-refractivity contribution in [2.24, 2.45) is 0 Å². The molecule has 0 atom stereocenters. The Kier molecular flexibility index (Phi) is 5.30. The number of carbonyl (C=O) groups excluding carboxylic acids is 1. The van der Waals surface area contributed by atoms with Crippen LogP contribution in [0.1, 0.15) is 51.7 Å². The molecule has 1 fully saturated rings. The first-order chi connectivity index (χ1) is 13.6. The van der Waals surface area contributed by atoms with E-state index in [0.717, 1.165) is 54.2 Å². The first kappa shape index (κ1) is 18.5. The van der Waals surface area contributed by atoms with Crippen LogP contribution in [0.5, 0.6) is 0 Å². The van der Waals surface area contributed by atoms with Crippen LogP contribution >= 0.6 is 0 Å². The number of amides is 1. The molecule has 1 saturated heterocycles. The monoisotopic (exact) mass is 378 g/mol. The number of hydrogen-bond donors (Lipinski definition) is 2. The van der Waals surface area contributed by atoms with Gasteiger partial charge in [0.05, 0.1) is 35.9 Å². The predicted molar refractivity (Wildman–Crippen MR) is 108 cm³/mol. The van der Waals surface area contributed by atoms with Crippen molar-refractivity contribution < 1.29 is 9.21 Å². The van der Waals surface area contributed by atoms with Gasteiger partial charge in [0, 0.05) is 5.92 Å². The lowest BCUT2D eigenvalue weighted by molar-refractivity contribution is 0.0946. The van der Waals surface area contributed by atoms with Crippen molar-refractivity contribution in [2.75, 3.05) is 13.1 Å². The zero-order chi connectivity index (χ0) is 19.5. The summed E-state index contributed by atoms with van der Waals surface area (Å²) < 4.78 is 7.32. The molecule has 1 aliphatic rings. The van der Waals surface area contributed by atoms with Gasteiger partial charge in [-0.05, 0) is 63.0 Å². The Labute approximate surface area is 164 Å². The molecular weight excluding hydrogens is 352 g/mol. The van der Waals surface area contributed by atoms with E-state index in [9.17, 15) is 4.79 Å². The second-order valence-corrected chi connectivity index (χ2v) is 7.38. The molecule has 0 bridgehead atoms. The van der Waals surface area contributed by atoms with E-state index >= 15 is 0 Å². The largest absolute Gasteiger partial charge is 0.467 e. The minimum atomic E-state index is -0.109. The lowest BCUT2D eigenvalue weighted by atomic mass is 9.91. The molecule has 0 unspecified atom stereocenters. The van der Waals surface area contributed by atoms with Crippen molar-refractivity contribution >= 4 is 5.91 Å². The van der Waals surface area contributed by atoms with Gasteiger partial charge in [-0.2, -0.15) is 5.10 Å². The number of nitrogens with one attached hydrogen (secondary N) is 2. The standard InChI is InChI=1S/C22H26N4O2/c1-15-5-3-6-16(2)20(15)26-21(17-8-10-23-11-9-17)19(14-25-26)22(27)24-13-18-7-4-12-28-18/h3-7,12,14,17,23H,8-11,13H2,1-2H3,(H,24,27). The third-order valence-corrected chi connectivity index (χ3v) is 5.43. The second kappa shape index (κ2) is 8.02. The molecule has 28 heavy (non-hydrogen) atoms. The molecule has 0 saturated carbocycles. The molecule has 6 nitrogen and oxygen atoms in total. The van der Waals surface area contributed by atoms with Gasteiger partial charge in [0.1, 0.15) is 5.76 Å². The lowest BCUT2D eigenvalue weighted by Crippen LogP contribution is -2.30. The fourth-order valence-corrected chi connectivity index (χ4v) is 4.01. The van der Waals surface area contributed by atoms with Gasteiger partial charge in [0.25, 0.3) is 5.91 Å². The summed E-state index contributed by atoms with van der Waals surface area (Å²) in [5.74, 6) is 0.924. The fraction of sp³-hybridized carbons (Fsp3) is 0.364. The Morgan fingerprint density at radius 3 is 2.64 bits per heavy atom. The van der Waals surface area contributed by atoms with Crippen LogP contribution in [0.15, 0.2) is 47.2 Å². The molecule has 146 valence electrons. The Morgan fingerprint density at radius 2 is 1.96 bits per heavy atom. The molecule has 1 aliphatic heterocycles. The maximum Gasteiger partial charge on any atom is 0.255 e. The maximum absolute atomic E-state index is 13.0. The molecule has 1 amide bonds. The summed E-state index contributed by atoms with van der Waals surface area (Å²) in [6, 6.07) is 9.91. The summed E-state index contributed by atoms with van der Waals surface area (Å²) in [6.07, 6.45) is 5.31. The highest BCUT2D eigenvalue weighted by Gasteiger charge is 2.27. The summed E-state index contributed by atoms with van der Waals surface area (Å²) >= 11 is 0. The number of rotatable bonds is 5. The highest BCUT2D eigenvalue weighted by Crippen LogP contribution is 2.32. The second-order valence-electron chi connectivity index (χ2n) is 7.38. The predicted octanol–water partition coefficient (Wildman–Crippen LogP) is 3.48. The van der Waals surface area contributed by atoms with Crippen LogP contribution in [0.2, 0.25) is 0 Å². The van der Waals surface area contributed by atoms with Crippen LogP contribution in [0.4, 0.5) is 0 Å². The van der Waals surface area contributed by atoms with Gasteiger partial charge in [-0.25, -0.2) is 4.68 Å². The number of para-hydroxylation sites is 1. The maximum atomic E-state index is 13.0. The van der Waals surface area contributed by atoms with Gasteiger partial charge in [-0.15, -0.1) is 0 Å². The van der Waals surface area contributed by atoms with Crippen molar-refractivity contribution in [1.82, 2.24) is 20.4 Å². The molecule has 3 heterocycles. The summed E-state index contributed by atoms with van der Waals surface area (Å²) in [7, 11) is 0. The number of aryl methyl sites for hydroxylation is 2. The normalized spacial score (nSPS) is 14.9. The van der Waals surface area contributed by atoms with E-state index in [1.165, 1.54) is 0 Å². The van der Waals surface area contributed by atoms with Crippen LogP contribution in [-0.2, 0) is 6.54 Å². The van der Waals surface area contributed by atoms with Gasteiger partial charge in [0.2, 0.25) is 0 Å². The summed E-state index contributed by atoms with van der Waals surface area (Å²) in [5.41, 5.74) is 5.04. The van der Waals surface area contributed by atoms with E-state index in [-0.39, 0.29) is 5.91 Å². The van der Waals surface area contributed by atoms with Crippen molar-refractivity contribution in [3.63, 3.8) is 0 Å². The molecule has 6 heteroatoms. The highest BCUT2D eigenvalue weighted by atomic mass is 16.3. The van der Waals surface area contributed by atoms with Gasteiger partial charge in [0.15, 0.2) is 0 Å². The van der Waals surface area contributed by atoms with Crippen molar-refractivity contribution in [3.8, 4) is 5.69 Å². The van der Waals surface area contributed by atoms with E-state index in [2.05, 4.69) is 47.8 Å². The van der Waals surface area contributed by atoms with Gasteiger partial charge >= 0.3 is 0 Å². The van der Waals surface area contributed by atoms with E-state index in [0.29, 0.717) is 18.0 Å². The molecule has 4 rings (SSSR count). The number of aromatic nitrogens is 2. The SMILES string of the molecule is Cc1cccc(C)c1-n1ncc(C(=O)NCc2ccco2)c1C1CCNCC1. The Balaban J connectivity index is 1.72. The van der Waals surface area contributed by atoms with Gasteiger partial charge in [-0.3, -0.25) is 4.79 Å². The molecule has 0 spiro atoms. The first-order valence-corrected chi connectivity index (χ1v) is 9.81. The lowest BCUT2D eigenvalue weighted by Gasteiger charge is -2.25. The molecule has 1 aromatic carbocycles. The zero-order valence-corrected chi connectivity index (χ0v) is 16.4. The molecule has 2 aromatic heterocycles. The Morgan fingerprint density at radius 1 is 1.21 bits per heavy atom. The Hall–Kier alpha value is -2.86. The Bertz CT molecular complexity index is 933. The topological polar surface area (TPSA) is 72.1 Å². The van der Waals surface area contributed by atoms with Gasteiger partial charge < -0.3 is 15.1 Å². The number of hydrogen-bond acceptors (Lipinski definition) is 4. The number of benzene rings is 1. The smallest absolute Gasteiger partial charge is 0.255 e. The molecule has 0 radical (unpaired) electrons. The number of furan rings is 1. The summed E-state index contributed by atoms with van der Waals surface area (Å²) in [4.78, 5) is 13.0. The number of carbonyl (C=O) groups is 1. The summed E-state index contributed by atoms with van der Waals surface area (Å²) in [6.45, 7) is 6.46. The van der Waals surface area contributed by atoms with Crippen molar-refractivity contribution in [3.05, 3.63) is 70.9 Å². The van der Waals surface area contributed by atoms with Crippen LogP contribution < -0.4 is 10.6 Å². The zero-order valence-electron chi connectivity index (χ0n) is 16.4. The fourth-order valence-electron chi connectivity index (χ4n) is 4.01. The molecule has 2 N–H and O–H groups in total. The van der Waals surface area contributed by atoms with Crippen molar-refractivity contribution in [2.45, 2.75) is 39.2 Å². The van der Waals surface area contributed by atoms with E-state index in [1.807, 2.05) is 16.8 Å². The minimum absolute atomic E-state index is 0.109. The number of nitrogens with zero attached hydrogens (tertiary/aromatic N) is 2. The van der Waals surface area contributed by atoms with E-state index in [4.69, 9.17) is 4.42 Å². The average molecular weight is 378 g/mol. The summed E-state index contributed by atoms with van der Waals surface area (Å²) in [5, 5.41) is 11.0. The quantitative estimate of drug-likeness (QED) is 0.713.